The van der Waals surface area contributed by atoms with Crippen molar-refractivity contribution in [2.45, 2.75) is 25.4 Å². The normalized spacial score (nSPS) is 16.4. The Bertz CT molecular complexity index is 764. The molecule has 2 aromatic rings. The van der Waals surface area contributed by atoms with Crippen LogP contribution in [-0.4, -0.2) is 17.6 Å². The molecule has 126 valence electrons. The van der Waals surface area contributed by atoms with Crippen LogP contribution >= 0.6 is 0 Å². The van der Waals surface area contributed by atoms with Gasteiger partial charge in [0.05, 0.1) is 6.10 Å². The summed E-state index contributed by atoms with van der Waals surface area (Å²) in [5.74, 6) is -1.92. The lowest BCUT2D eigenvalue weighted by molar-refractivity contribution is -0.118. The Morgan fingerprint density at radius 3 is 2.88 bits per heavy atom. The molecule has 0 aromatic heterocycles. The minimum Gasteiger partial charge on any atom is -0.483 e. The largest absolute Gasteiger partial charge is 0.483 e. The SMILES string of the molecule is O=C(COc1cccc2c1CCC[C@H]2O)Nc1ccc(F)c(F)c1. The number of nitrogens with one attached hydrogen (secondary N) is 1. The molecular weight excluding hydrogens is 316 g/mol. The molecule has 1 aliphatic carbocycles. The maximum Gasteiger partial charge on any atom is 0.262 e. The summed E-state index contributed by atoms with van der Waals surface area (Å²) in [5.41, 5.74) is 1.91. The molecule has 24 heavy (non-hydrogen) atoms. The van der Waals surface area contributed by atoms with Gasteiger partial charge < -0.3 is 15.2 Å². The van der Waals surface area contributed by atoms with Gasteiger partial charge in [-0.05, 0) is 48.6 Å². The molecule has 0 saturated heterocycles. The molecule has 3 rings (SSSR count). The molecule has 0 radical (unpaired) electrons. The molecule has 0 saturated carbocycles. The lowest BCUT2D eigenvalue weighted by atomic mass is 9.89. The molecule has 0 fully saturated rings. The van der Waals surface area contributed by atoms with E-state index in [9.17, 15) is 18.7 Å². The van der Waals surface area contributed by atoms with Crippen molar-refractivity contribution in [3.63, 3.8) is 0 Å². The second-order valence-corrected chi connectivity index (χ2v) is 5.70. The Morgan fingerprint density at radius 1 is 1.25 bits per heavy atom. The van der Waals surface area contributed by atoms with Crippen LogP contribution in [-0.2, 0) is 11.2 Å². The molecule has 2 aromatic carbocycles. The van der Waals surface area contributed by atoms with E-state index in [-0.39, 0.29) is 12.3 Å². The number of rotatable bonds is 4. The van der Waals surface area contributed by atoms with E-state index in [1.165, 1.54) is 6.07 Å². The first-order valence-corrected chi connectivity index (χ1v) is 7.72. The number of ether oxygens (including phenoxy) is 1. The lowest BCUT2D eigenvalue weighted by Crippen LogP contribution is -2.21. The third-order valence-electron chi connectivity index (χ3n) is 3.99. The molecule has 0 bridgehead atoms. The van der Waals surface area contributed by atoms with Gasteiger partial charge in [-0.25, -0.2) is 8.78 Å². The topological polar surface area (TPSA) is 58.6 Å². The van der Waals surface area contributed by atoms with E-state index < -0.39 is 23.6 Å². The number of hydrogen-bond acceptors (Lipinski definition) is 3. The van der Waals surface area contributed by atoms with Crippen molar-refractivity contribution >= 4 is 11.6 Å². The van der Waals surface area contributed by atoms with Gasteiger partial charge in [-0.2, -0.15) is 0 Å². The minimum absolute atomic E-state index is 0.160. The zero-order chi connectivity index (χ0) is 17.1. The Morgan fingerprint density at radius 2 is 2.08 bits per heavy atom. The fourth-order valence-corrected chi connectivity index (χ4v) is 2.84. The number of carbonyl (C=O) groups is 1. The molecule has 0 spiro atoms. The van der Waals surface area contributed by atoms with Crippen molar-refractivity contribution in [1.82, 2.24) is 0 Å². The molecule has 2 N–H and O–H groups in total. The maximum absolute atomic E-state index is 13.1. The number of anilines is 1. The van der Waals surface area contributed by atoms with Crippen LogP contribution in [0.4, 0.5) is 14.5 Å². The summed E-state index contributed by atoms with van der Waals surface area (Å²) in [6.07, 6.45) is 1.85. The molecule has 1 atom stereocenters. The average molecular weight is 333 g/mol. The van der Waals surface area contributed by atoms with Crippen LogP contribution in [0.25, 0.3) is 0 Å². The first-order valence-electron chi connectivity index (χ1n) is 7.72. The summed E-state index contributed by atoms with van der Waals surface area (Å²) in [4.78, 5) is 11.9. The van der Waals surface area contributed by atoms with E-state index in [4.69, 9.17) is 4.74 Å². The summed E-state index contributed by atoms with van der Waals surface area (Å²) in [7, 11) is 0. The Balaban J connectivity index is 1.64. The fourth-order valence-electron chi connectivity index (χ4n) is 2.84. The second kappa shape index (κ2) is 6.97. The second-order valence-electron chi connectivity index (χ2n) is 5.70. The number of hydrogen-bond donors (Lipinski definition) is 2. The molecule has 0 unspecified atom stereocenters. The first kappa shape index (κ1) is 16.4. The third-order valence-corrected chi connectivity index (χ3v) is 3.99. The van der Waals surface area contributed by atoms with Crippen LogP contribution in [0.5, 0.6) is 5.75 Å². The number of benzene rings is 2. The van der Waals surface area contributed by atoms with Crippen LogP contribution in [0.15, 0.2) is 36.4 Å². The Kier molecular flexibility index (Phi) is 4.76. The third kappa shape index (κ3) is 3.54. The highest BCUT2D eigenvalue weighted by molar-refractivity contribution is 5.91. The summed E-state index contributed by atoms with van der Waals surface area (Å²) in [5, 5.41) is 12.5. The standard InChI is InChI=1S/C18H17F2NO3/c19-14-8-7-11(9-15(14)20)21-18(23)10-24-17-6-2-3-12-13(17)4-1-5-16(12)22/h2-3,6-9,16,22H,1,4-5,10H2,(H,21,23)/t16-/m1/s1. The summed E-state index contributed by atoms with van der Waals surface area (Å²) < 4.78 is 31.5. The molecule has 0 aliphatic heterocycles. The number of fused-ring (bicyclic) bond motifs is 1. The highest BCUT2D eigenvalue weighted by Gasteiger charge is 2.21. The van der Waals surface area contributed by atoms with E-state index in [2.05, 4.69) is 5.32 Å². The van der Waals surface area contributed by atoms with Crippen LogP contribution in [0.2, 0.25) is 0 Å². The predicted molar refractivity (Wildman–Crippen MR) is 84.8 cm³/mol. The van der Waals surface area contributed by atoms with Crippen LogP contribution in [0.1, 0.15) is 30.1 Å². The van der Waals surface area contributed by atoms with Crippen molar-refractivity contribution < 1.29 is 23.4 Å². The minimum atomic E-state index is -1.03. The van der Waals surface area contributed by atoms with Gasteiger partial charge in [0.15, 0.2) is 18.2 Å². The van der Waals surface area contributed by atoms with Gasteiger partial charge in [0.1, 0.15) is 5.75 Å². The smallest absolute Gasteiger partial charge is 0.262 e. The van der Waals surface area contributed by atoms with E-state index in [1.54, 1.807) is 12.1 Å². The molecular formula is C18H17F2NO3. The summed E-state index contributed by atoms with van der Waals surface area (Å²) >= 11 is 0. The lowest BCUT2D eigenvalue weighted by Gasteiger charge is -2.23. The van der Waals surface area contributed by atoms with Crippen molar-refractivity contribution in [3.8, 4) is 5.75 Å². The van der Waals surface area contributed by atoms with Crippen LogP contribution in [0, 0.1) is 11.6 Å². The van der Waals surface area contributed by atoms with Crippen molar-refractivity contribution in [2.75, 3.05) is 11.9 Å². The molecule has 6 heteroatoms. The highest BCUT2D eigenvalue weighted by atomic mass is 19.2. The van der Waals surface area contributed by atoms with Gasteiger partial charge in [0, 0.05) is 11.8 Å². The van der Waals surface area contributed by atoms with Gasteiger partial charge >= 0.3 is 0 Å². The monoisotopic (exact) mass is 333 g/mol. The van der Waals surface area contributed by atoms with Gasteiger partial charge in [0.2, 0.25) is 0 Å². The van der Waals surface area contributed by atoms with Gasteiger partial charge in [-0.1, -0.05) is 12.1 Å². The van der Waals surface area contributed by atoms with Crippen molar-refractivity contribution in [2.24, 2.45) is 0 Å². The van der Waals surface area contributed by atoms with E-state index in [0.717, 1.165) is 36.1 Å². The van der Waals surface area contributed by atoms with E-state index in [0.29, 0.717) is 12.2 Å². The van der Waals surface area contributed by atoms with Gasteiger partial charge in [-0.15, -0.1) is 0 Å². The quantitative estimate of drug-likeness (QED) is 0.902. The first-order chi connectivity index (χ1) is 11.5. The van der Waals surface area contributed by atoms with E-state index >= 15 is 0 Å². The van der Waals surface area contributed by atoms with Crippen LogP contribution < -0.4 is 10.1 Å². The Hall–Kier alpha value is -2.47. The number of aliphatic hydroxyl groups excluding tert-OH is 1. The number of halogens is 2. The van der Waals surface area contributed by atoms with Crippen LogP contribution in [0.3, 0.4) is 0 Å². The molecule has 4 nitrogen and oxygen atoms in total. The number of aliphatic hydroxyl groups is 1. The summed E-state index contributed by atoms with van der Waals surface area (Å²) in [6, 6.07) is 8.51. The van der Waals surface area contributed by atoms with Gasteiger partial charge in [-0.3, -0.25) is 4.79 Å². The zero-order valence-corrected chi connectivity index (χ0v) is 12.9. The molecule has 1 aliphatic rings. The number of amides is 1. The predicted octanol–water partition coefficient (Wildman–Crippen LogP) is 3.35. The molecule has 1 amide bonds. The zero-order valence-electron chi connectivity index (χ0n) is 12.9. The Labute approximate surface area is 138 Å². The fraction of sp³-hybridized carbons (Fsp3) is 0.278. The number of carbonyl (C=O) groups excluding carboxylic acids is 1. The average Bonchev–Trinajstić information content (AvgIpc) is 2.57. The highest BCUT2D eigenvalue weighted by Crippen LogP contribution is 2.35. The van der Waals surface area contributed by atoms with Gasteiger partial charge in [0.25, 0.3) is 5.91 Å². The molecule has 0 heterocycles. The maximum atomic E-state index is 13.1. The van der Waals surface area contributed by atoms with Crippen molar-refractivity contribution in [1.29, 1.82) is 0 Å². The van der Waals surface area contributed by atoms with Crippen molar-refractivity contribution in [3.05, 3.63) is 59.2 Å². The summed E-state index contributed by atoms with van der Waals surface area (Å²) in [6.45, 7) is -0.258. The van der Waals surface area contributed by atoms with E-state index in [1.807, 2.05) is 6.07 Å².